The predicted octanol–water partition coefficient (Wildman–Crippen LogP) is 19.8. The van der Waals surface area contributed by atoms with Gasteiger partial charge in [-0.05, 0) is 129 Å². The van der Waals surface area contributed by atoms with E-state index in [1.165, 1.54) is 136 Å². The van der Waals surface area contributed by atoms with Crippen molar-refractivity contribution in [1.82, 2.24) is 24.1 Å². The monoisotopic (exact) mass is 1180 g/mol. The Kier molecular flexibility index (Phi) is 10.7. The molecule has 0 N–H and O–H groups in total. The summed E-state index contributed by atoms with van der Waals surface area (Å²) in [5, 5.41) is 20.1. The number of fused-ring (bicyclic) bond motifs is 24. The lowest BCUT2D eigenvalue weighted by molar-refractivity contribution is 0.641. The maximum atomic E-state index is 5.55. The minimum Gasteiger partial charge on any atom is -0.310 e. The smallest absolute Gasteiger partial charge is 0.252 e. The third-order valence-electron chi connectivity index (χ3n) is 21.4. The van der Waals surface area contributed by atoms with Gasteiger partial charge in [-0.15, -0.1) is 0 Å². The van der Waals surface area contributed by atoms with E-state index in [4.69, 9.17) is 15.0 Å². The van der Waals surface area contributed by atoms with Crippen molar-refractivity contribution in [2.45, 2.75) is 38.5 Å². The first-order valence-corrected chi connectivity index (χ1v) is 32.5. The Morgan fingerprint density at radius 2 is 0.667 bits per heavy atom. The van der Waals surface area contributed by atoms with Gasteiger partial charge in [-0.25, -0.2) is 15.0 Å². The fraction of sp³-hybridized carbons (Fsp3) is 0.0690. The van der Waals surface area contributed by atoms with Crippen LogP contribution < -0.4 is 16.4 Å². The summed E-state index contributed by atoms with van der Waals surface area (Å²) in [4.78, 5) is 16.4. The molecule has 5 heterocycles. The van der Waals surface area contributed by atoms with Gasteiger partial charge in [-0.1, -0.05) is 270 Å². The third kappa shape index (κ3) is 7.21. The van der Waals surface area contributed by atoms with Crippen LogP contribution in [0.5, 0.6) is 0 Å². The van der Waals surface area contributed by atoms with Crippen LogP contribution in [0.2, 0.25) is 0 Å². The Labute approximate surface area is 537 Å². The van der Waals surface area contributed by atoms with Gasteiger partial charge in [0.05, 0.1) is 16.6 Å². The molecule has 434 valence electrons. The van der Waals surface area contributed by atoms with Gasteiger partial charge in [0.2, 0.25) is 0 Å². The fourth-order valence-corrected chi connectivity index (χ4v) is 16.8. The summed E-state index contributed by atoms with van der Waals surface area (Å²) in [7, 11) is 0. The number of benzene rings is 15. The lowest BCUT2D eigenvalue weighted by atomic mass is 9.34. The van der Waals surface area contributed by atoms with Crippen LogP contribution in [0, 0.1) is 0 Å². The molecule has 0 amide bonds. The minimum atomic E-state index is -0.375. The van der Waals surface area contributed by atoms with Crippen LogP contribution in [0.3, 0.4) is 0 Å². The molecule has 2 aliphatic heterocycles. The highest BCUT2D eigenvalue weighted by Crippen LogP contribution is 2.51. The number of aromatic nitrogens is 5. The number of hydrogen-bond acceptors (Lipinski definition) is 3. The van der Waals surface area contributed by atoms with Crippen LogP contribution in [0.4, 0.5) is 0 Å². The summed E-state index contributed by atoms with van der Waals surface area (Å²) in [6.07, 6.45) is 0. The summed E-state index contributed by atoms with van der Waals surface area (Å²) in [5.41, 5.74) is 18.1. The lowest BCUT2D eigenvalue weighted by Gasteiger charge is -2.35. The van der Waals surface area contributed by atoms with E-state index in [1.807, 2.05) is 0 Å². The van der Waals surface area contributed by atoms with E-state index in [2.05, 4.69) is 316 Å². The Hall–Kier alpha value is -11.5. The number of nitrogens with zero attached hydrogens (tertiary/aromatic N) is 5. The van der Waals surface area contributed by atoms with E-state index in [9.17, 15) is 0 Å². The highest BCUT2D eigenvalue weighted by molar-refractivity contribution is 7.00. The molecule has 18 aromatic rings. The van der Waals surface area contributed by atoms with Gasteiger partial charge in [0.25, 0.3) is 6.71 Å². The van der Waals surface area contributed by atoms with Gasteiger partial charge in [0.1, 0.15) is 0 Å². The van der Waals surface area contributed by atoms with Crippen molar-refractivity contribution in [3.05, 3.63) is 301 Å². The highest BCUT2D eigenvalue weighted by atomic mass is 15.1. The molecule has 2 aliphatic rings. The van der Waals surface area contributed by atoms with Gasteiger partial charge in [-0.3, -0.25) is 0 Å². The number of hydrogen-bond donors (Lipinski definition) is 0. The van der Waals surface area contributed by atoms with Crippen molar-refractivity contribution >= 4 is 131 Å². The van der Waals surface area contributed by atoms with Crippen LogP contribution in [-0.2, 0) is 10.8 Å². The molecule has 0 fully saturated rings. The standard InChI is InChI=1S/C87H58BN5/c1-86(2,54-29-13-7-14-30-54)56-41-43-72-67(47-56)69-48-57(87(3,4)55-31-15-8-16-32-55)49-70-81(69)92(72)74-45-53(85-90-83(51-25-9-5-10-26-51)89-84(91-85)52-27-11-6-12-28-52)46-75-80(74)88(70)71-50-68-63-38-20-18-34-59(63)61-36-22-24-40-65(61)77(68)79-78-73(93(75)82(71)79)44-42-66-62-37-19-17-33-58(62)60-35-21-23-39-64(60)76(66)78/h5-50H,1-4H3. The summed E-state index contributed by atoms with van der Waals surface area (Å²) < 4.78 is 5.30. The normalized spacial score (nSPS) is 12.9. The first kappa shape index (κ1) is 52.3. The predicted molar refractivity (Wildman–Crippen MR) is 392 cm³/mol. The average Bonchev–Trinajstić information content (AvgIpc) is 1.54. The molecule has 0 atom stereocenters. The van der Waals surface area contributed by atoms with Crippen molar-refractivity contribution in [2.24, 2.45) is 0 Å². The molecule has 5 nitrogen and oxygen atoms in total. The summed E-state index contributed by atoms with van der Waals surface area (Å²) in [6.45, 7) is 9.36. The second-order valence-electron chi connectivity index (χ2n) is 26.9. The van der Waals surface area contributed by atoms with E-state index in [0.29, 0.717) is 17.5 Å². The van der Waals surface area contributed by atoms with Crippen molar-refractivity contribution in [2.75, 3.05) is 0 Å². The molecule has 0 unspecified atom stereocenters. The van der Waals surface area contributed by atoms with E-state index >= 15 is 0 Å². The van der Waals surface area contributed by atoms with E-state index < -0.39 is 0 Å². The van der Waals surface area contributed by atoms with E-state index in [1.54, 1.807) is 0 Å². The molecule has 0 radical (unpaired) electrons. The topological polar surface area (TPSA) is 48.5 Å². The maximum absolute atomic E-state index is 5.55. The molecule has 0 spiro atoms. The highest BCUT2D eigenvalue weighted by Gasteiger charge is 2.44. The SMILES string of the molecule is CC(C)(c1ccccc1)c1ccc2c(c1)c1cc(C(C)(C)c3ccccc3)cc3c1n2-c1cc(-c2nc(-c4ccccc4)nc(-c4ccccc4)n2)cc2c1B3c1cc3c4ccccc4c4ccccc4c3c3c4c5c6ccccc6c6ccccc6c5ccc4n-2c13. The average molecular weight is 1180 g/mol. The molecule has 0 saturated carbocycles. The van der Waals surface area contributed by atoms with Crippen molar-refractivity contribution in [1.29, 1.82) is 0 Å². The second kappa shape index (κ2) is 19.0. The molecular weight excluding hydrogens is 1130 g/mol. The Balaban J connectivity index is 1.02. The van der Waals surface area contributed by atoms with Crippen LogP contribution in [0.25, 0.3) is 154 Å². The minimum absolute atomic E-state index is 0.217. The molecule has 6 heteroatoms. The van der Waals surface area contributed by atoms with Crippen LogP contribution in [0.15, 0.2) is 279 Å². The molecule has 0 bridgehead atoms. The van der Waals surface area contributed by atoms with Crippen molar-refractivity contribution in [3.8, 4) is 45.5 Å². The molecule has 20 rings (SSSR count). The summed E-state index contributed by atoms with van der Waals surface area (Å²) in [5.74, 6) is 1.86. The fourth-order valence-electron chi connectivity index (χ4n) is 16.8. The van der Waals surface area contributed by atoms with Crippen LogP contribution in [-0.4, -0.2) is 30.8 Å². The molecule has 15 aromatic carbocycles. The largest absolute Gasteiger partial charge is 0.310 e. The molecule has 93 heavy (non-hydrogen) atoms. The third-order valence-corrected chi connectivity index (χ3v) is 21.4. The first-order valence-electron chi connectivity index (χ1n) is 32.5. The summed E-state index contributed by atoms with van der Waals surface area (Å²) >= 11 is 0. The zero-order chi connectivity index (χ0) is 61.6. The Morgan fingerprint density at radius 3 is 1.20 bits per heavy atom. The van der Waals surface area contributed by atoms with Gasteiger partial charge in [0, 0.05) is 76.7 Å². The molecular formula is C87H58BN5. The van der Waals surface area contributed by atoms with E-state index in [-0.39, 0.29) is 17.5 Å². The van der Waals surface area contributed by atoms with Gasteiger partial charge >= 0.3 is 0 Å². The van der Waals surface area contributed by atoms with E-state index in [0.717, 1.165) is 39.1 Å². The quantitative estimate of drug-likeness (QED) is 0.118. The lowest BCUT2D eigenvalue weighted by Crippen LogP contribution is -2.59. The summed E-state index contributed by atoms with van der Waals surface area (Å²) in [6, 6.07) is 104. The molecule has 0 aliphatic carbocycles. The Morgan fingerprint density at radius 1 is 0.269 bits per heavy atom. The van der Waals surface area contributed by atoms with Crippen molar-refractivity contribution in [3.63, 3.8) is 0 Å². The van der Waals surface area contributed by atoms with Gasteiger partial charge in [-0.2, -0.15) is 0 Å². The first-order chi connectivity index (χ1) is 45.7. The van der Waals surface area contributed by atoms with Crippen molar-refractivity contribution < 1.29 is 0 Å². The molecule has 3 aromatic heterocycles. The maximum Gasteiger partial charge on any atom is 0.252 e. The second-order valence-corrected chi connectivity index (χ2v) is 26.9. The zero-order valence-corrected chi connectivity index (χ0v) is 51.9. The van der Waals surface area contributed by atoms with Crippen LogP contribution >= 0.6 is 0 Å². The number of rotatable bonds is 7. The van der Waals surface area contributed by atoms with Gasteiger partial charge in [0.15, 0.2) is 17.5 Å². The van der Waals surface area contributed by atoms with Crippen LogP contribution in [0.1, 0.15) is 49.9 Å². The van der Waals surface area contributed by atoms with Gasteiger partial charge < -0.3 is 9.13 Å². The zero-order valence-electron chi connectivity index (χ0n) is 51.9. The molecule has 0 saturated heterocycles. The Bertz CT molecular complexity index is 6190.